The lowest BCUT2D eigenvalue weighted by atomic mass is 10.5. The highest BCUT2D eigenvalue weighted by atomic mass is 79.9. The van der Waals surface area contributed by atoms with Crippen LogP contribution in [-0.4, -0.2) is 34.4 Å². The van der Waals surface area contributed by atoms with E-state index in [-0.39, 0.29) is 12.3 Å². The number of hydrogen-bond acceptors (Lipinski definition) is 3. The number of hydrogen-bond donors (Lipinski definition) is 1. The summed E-state index contributed by atoms with van der Waals surface area (Å²) in [6, 6.07) is 0. The van der Waals surface area contributed by atoms with E-state index in [4.69, 9.17) is 4.74 Å². The molecule has 13 heavy (non-hydrogen) atoms. The second-order valence-electron chi connectivity index (χ2n) is 2.50. The van der Waals surface area contributed by atoms with Crippen LogP contribution in [-0.2, 0) is 14.8 Å². The van der Waals surface area contributed by atoms with Gasteiger partial charge in [0.2, 0.25) is 10.0 Å². The molecule has 0 atom stereocenters. The van der Waals surface area contributed by atoms with E-state index in [1.54, 1.807) is 7.11 Å². The van der Waals surface area contributed by atoms with Crippen LogP contribution in [0.4, 0.5) is 0 Å². The summed E-state index contributed by atoms with van der Waals surface area (Å²) < 4.78 is 30.1. The van der Waals surface area contributed by atoms with Gasteiger partial charge >= 0.3 is 0 Å². The van der Waals surface area contributed by atoms with Gasteiger partial charge in [-0.2, -0.15) is 0 Å². The lowest BCUT2D eigenvalue weighted by Crippen LogP contribution is -2.27. The van der Waals surface area contributed by atoms with E-state index in [1.807, 2.05) is 0 Å². The fourth-order valence-electron chi connectivity index (χ4n) is 0.654. The van der Waals surface area contributed by atoms with Crippen LogP contribution in [0.5, 0.6) is 0 Å². The molecule has 0 unspecified atom stereocenters. The monoisotopic (exact) mass is 271 g/mol. The van der Waals surface area contributed by atoms with E-state index in [1.165, 1.54) is 0 Å². The smallest absolute Gasteiger partial charge is 0.212 e. The van der Waals surface area contributed by atoms with Gasteiger partial charge in [-0.1, -0.05) is 22.5 Å². The minimum Gasteiger partial charge on any atom is -0.385 e. The van der Waals surface area contributed by atoms with Gasteiger partial charge in [0.15, 0.2) is 0 Å². The number of rotatable bonds is 7. The Labute approximate surface area is 87.5 Å². The molecular weight excluding hydrogens is 258 g/mol. The zero-order valence-electron chi connectivity index (χ0n) is 7.55. The molecule has 0 amide bonds. The molecule has 4 nitrogen and oxygen atoms in total. The fraction of sp³-hybridized carbons (Fsp3) is 0.714. The molecule has 0 aromatic heterocycles. The Kier molecular flexibility index (Phi) is 6.58. The van der Waals surface area contributed by atoms with Gasteiger partial charge in [0.25, 0.3) is 0 Å². The van der Waals surface area contributed by atoms with Crippen molar-refractivity contribution in [3.63, 3.8) is 0 Å². The maximum atomic E-state index is 11.2. The third kappa shape index (κ3) is 8.42. The zero-order valence-corrected chi connectivity index (χ0v) is 9.95. The van der Waals surface area contributed by atoms with Crippen molar-refractivity contribution in [2.75, 3.05) is 26.0 Å². The summed E-state index contributed by atoms with van der Waals surface area (Å²) in [5.41, 5.74) is 0. The number of sulfonamides is 1. The van der Waals surface area contributed by atoms with Crippen molar-refractivity contribution in [3.05, 3.63) is 11.1 Å². The summed E-state index contributed by atoms with van der Waals surface area (Å²) in [6.45, 7) is 4.21. The second-order valence-corrected chi connectivity index (χ2v) is 5.55. The van der Waals surface area contributed by atoms with E-state index in [0.717, 1.165) is 0 Å². The van der Waals surface area contributed by atoms with E-state index in [2.05, 4.69) is 27.2 Å². The average Bonchev–Trinajstić information content (AvgIpc) is 2.02. The first-order chi connectivity index (χ1) is 5.98. The molecular formula is C7H14BrNO3S. The molecule has 0 radical (unpaired) electrons. The van der Waals surface area contributed by atoms with Gasteiger partial charge in [0.1, 0.15) is 0 Å². The maximum Gasteiger partial charge on any atom is 0.212 e. The molecule has 78 valence electrons. The molecule has 0 aromatic rings. The van der Waals surface area contributed by atoms with Crippen LogP contribution in [0.15, 0.2) is 11.1 Å². The van der Waals surface area contributed by atoms with Crippen LogP contribution in [0.2, 0.25) is 0 Å². The predicted molar refractivity (Wildman–Crippen MR) is 56.3 cm³/mol. The molecule has 0 aliphatic carbocycles. The Morgan fingerprint density at radius 2 is 2.23 bits per heavy atom. The van der Waals surface area contributed by atoms with Gasteiger partial charge < -0.3 is 4.74 Å². The van der Waals surface area contributed by atoms with E-state index >= 15 is 0 Å². The lowest BCUT2D eigenvalue weighted by Gasteiger charge is -2.04. The van der Waals surface area contributed by atoms with Crippen LogP contribution in [0.25, 0.3) is 0 Å². The summed E-state index contributed by atoms with van der Waals surface area (Å²) in [7, 11) is -1.63. The Balaban J connectivity index is 3.74. The predicted octanol–water partition coefficient (Wildman–Crippen LogP) is 0.851. The molecule has 0 aliphatic heterocycles. The zero-order chi connectivity index (χ0) is 10.3. The van der Waals surface area contributed by atoms with Gasteiger partial charge in [-0.3, -0.25) is 0 Å². The van der Waals surface area contributed by atoms with Gasteiger partial charge in [0, 0.05) is 24.7 Å². The lowest BCUT2D eigenvalue weighted by molar-refractivity contribution is 0.199. The third-order valence-electron chi connectivity index (χ3n) is 1.25. The molecule has 0 spiro atoms. The Morgan fingerprint density at radius 1 is 1.62 bits per heavy atom. The summed E-state index contributed by atoms with van der Waals surface area (Å²) >= 11 is 3.06. The molecule has 1 N–H and O–H groups in total. The Morgan fingerprint density at radius 3 is 2.69 bits per heavy atom. The fourth-order valence-corrected chi connectivity index (χ4v) is 2.02. The minimum absolute atomic E-state index is 0.0844. The summed E-state index contributed by atoms with van der Waals surface area (Å²) in [5, 5.41) is 0. The standard InChI is InChI=1S/C7H14BrNO3S/c1-7(8)6-9-13(10,11)5-3-4-12-2/h9H,1,3-6H2,2H3. The molecule has 0 heterocycles. The van der Waals surface area contributed by atoms with Gasteiger partial charge in [0.05, 0.1) is 5.75 Å². The first kappa shape index (κ1) is 13.1. The highest BCUT2D eigenvalue weighted by molar-refractivity contribution is 9.11. The van der Waals surface area contributed by atoms with Crippen LogP contribution in [0.3, 0.4) is 0 Å². The van der Waals surface area contributed by atoms with Gasteiger partial charge in [-0.15, -0.1) is 0 Å². The molecule has 0 rings (SSSR count). The van der Waals surface area contributed by atoms with Crippen molar-refractivity contribution < 1.29 is 13.2 Å². The normalized spacial score (nSPS) is 11.5. The summed E-state index contributed by atoms with van der Waals surface area (Å²) in [5.74, 6) is 0.0844. The molecule has 0 saturated heterocycles. The largest absolute Gasteiger partial charge is 0.385 e. The molecule has 0 saturated carbocycles. The van der Waals surface area contributed by atoms with Crippen molar-refractivity contribution in [1.82, 2.24) is 4.72 Å². The Hall–Kier alpha value is 0.0900. The average molecular weight is 272 g/mol. The highest BCUT2D eigenvalue weighted by Gasteiger charge is 2.08. The molecule has 0 aliphatic rings. The van der Waals surface area contributed by atoms with Crippen molar-refractivity contribution >= 4 is 26.0 Å². The first-order valence-electron chi connectivity index (χ1n) is 3.77. The topological polar surface area (TPSA) is 55.4 Å². The van der Waals surface area contributed by atoms with Crippen LogP contribution >= 0.6 is 15.9 Å². The first-order valence-corrected chi connectivity index (χ1v) is 6.22. The number of nitrogens with one attached hydrogen (secondary N) is 1. The Bertz CT molecular complexity index is 250. The van der Waals surface area contributed by atoms with Crippen LogP contribution in [0, 0.1) is 0 Å². The number of methoxy groups -OCH3 is 1. The summed E-state index contributed by atoms with van der Waals surface area (Å²) in [4.78, 5) is 0. The maximum absolute atomic E-state index is 11.2. The molecule has 0 aromatic carbocycles. The minimum atomic E-state index is -3.17. The highest BCUT2D eigenvalue weighted by Crippen LogP contribution is 1.99. The molecule has 0 fully saturated rings. The van der Waals surface area contributed by atoms with Gasteiger partial charge in [-0.25, -0.2) is 13.1 Å². The van der Waals surface area contributed by atoms with Crippen molar-refractivity contribution in [3.8, 4) is 0 Å². The third-order valence-corrected chi connectivity index (χ3v) is 2.94. The quantitative estimate of drug-likeness (QED) is 0.699. The molecule has 6 heteroatoms. The van der Waals surface area contributed by atoms with Gasteiger partial charge in [-0.05, 0) is 6.42 Å². The number of ether oxygens (including phenoxy) is 1. The van der Waals surface area contributed by atoms with E-state index < -0.39 is 10.0 Å². The van der Waals surface area contributed by atoms with Crippen molar-refractivity contribution in [2.45, 2.75) is 6.42 Å². The summed E-state index contributed by atoms with van der Waals surface area (Å²) in [6.07, 6.45) is 0.501. The molecule has 0 bridgehead atoms. The van der Waals surface area contributed by atoms with E-state index in [9.17, 15) is 8.42 Å². The van der Waals surface area contributed by atoms with Crippen molar-refractivity contribution in [1.29, 1.82) is 0 Å². The van der Waals surface area contributed by atoms with Crippen molar-refractivity contribution in [2.24, 2.45) is 0 Å². The number of halogens is 1. The SMILES string of the molecule is C=C(Br)CNS(=O)(=O)CCCOC. The van der Waals surface area contributed by atoms with Crippen LogP contribution in [0.1, 0.15) is 6.42 Å². The van der Waals surface area contributed by atoms with Crippen LogP contribution < -0.4 is 4.72 Å². The van der Waals surface area contributed by atoms with E-state index in [0.29, 0.717) is 17.5 Å². The second kappa shape index (κ2) is 6.53.